The molecule has 0 aromatic carbocycles. The first-order chi connectivity index (χ1) is 11.7. The van der Waals surface area contributed by atoms with Gasteiger partial charge in [0.25, 0.3) is 0 Å². The van der Waals surface area contributed by atoms with Crippen LogP contribution in [0.4, 0.5) is 0 Å². The lowest BCUT2D eigenvalue weighted by atomic mass is 10.1. The minimum atomic E-state index is -1.11. The molecule has 0 fully saturated rings. The van der Waals surface area contributed by atoms with Crippen LogP contribution < -0.4 is 0 Å². The largest absolute Gasteiger partial charge is 0.616 e. The molecular formula is C20H42O3S. The van der Waals surface area contributed by atoms with Crippen LogP contribution in [0.1, 0.15) is 104 Å². The lowest BCUT2D eigenvalue weighted by molar-refractivity contribution is 0.269. The quantitative estimate of drug-likeness (QED) is 0.268. The van der Waals surface area contributed by atoms with Crippen LogP contribution in [0.2, 0.25) is 0 Å². The zero-order valence-electron chi connectivity index (χ0n) is 16.2. The second-order valence-electron chi connectivity index (χ2n) is 7.05. The molecule has 2 atom stereocenters. The molecule has 0 aromatic heterocycles. The van der Waals surface area contributed by atoms with E-state index in [9.17, 15) is 14.8 Å². The predicted octanol–water partition coefficient (Wildman–Crippen LogP) is 4.96. The van der Waals surface area contributed by atoms with Gasteiger partial charge in [0.1, 0.15) is 10.5 Å². The van der Waals surface area contributed by atoms with Gasteiger partial charge in [0, 0.05) is 0 Å². The van der Waals surface area contributed by atoms with E-state index < -0.39 is 11.2 Å². The minimum Gasteiger partial charge on any atom is -0.616 e. The first-order valence-corrected chi connectivity index (χ1v) is 11.6. The van der Waals surface area contributed by atoms with Gasteiger partial charge in [0.15, 0.2) is 0 Å². The Morgan fingerprint density at radius 3 is 1.29 bits per heavy atom. The smallest absolute Gasteiger partial charge is 0.138 e. The summed E-state index contributed by atoms with van der Waals surface area (Å²) in [4.78, 5) is 0. The van der Waals surface area contributed by atoms with Gasteiger partial charge in [0.2, 0.25) is 0 Å². The van der Waals surface area contributed by atoms with Crippen molar-refractivity contribution in [2.24, 2.45) is 0 Å². The Morgan fingerprint density at radius 1 is 0.625 bits per heavy atom. The molecule has 2 unspecified atom stereocenters. The molecule has 0 rings (SSSR count). The third-order valence-corrected chi connectivity index (χ3v) is 6.91. The van der Waals surface area contributed by atoms with Crippen LogP contribution >= 0.6 is 0 Å². The van der Waals surface area contributed by atoms with Crippen LogP contribution in [0, 0.1) is 0 Å². The summed E-state index contributed by atoms with van der Waals surface area (Å²) in [6.07, 6.45) is 16.2. The Morgan fingerprint density at radius 2 is 0.958 bits per heavy atom. The van der Waals surface area contributed by atoms with Crippen molar-refractivity contribution in [2.75, 3.05) is 13.2 Å². The normalized spacial score (nSPS) is 15.4. The van der Waals surface area contributed by atoms with E-state index in [4.69, 9.17) is 0 Å². The Bertz CT molecular complexity index is 227. The monoisotopic (exact) mass is 362 g/mol. The van der Waals surface area contributed by atoms with Gasteiger partial charge in [-0.05, 0) is 36.9 Å². The summed E-state index contributed by atoms with van der Waals surface area (Å²) in [5, 5.41) is 18.8. The standard InChI is InChI=1S/C20H42O3S/c1-3-5-7-9-11-13-15-19(17-21)24(23)20(18-22)16-14-12-10-8-6-4-2/h19-22H,3-18H2,1-2H3. The molecule has 0 aliphatic rings. The number of rotatable bonds is 18. The van der Waals surface area contributed by atoms with Crippen LogP contribution in [0.25, 0.3) is 0 Å². The van der Waals surface area contributed by atoms with Crippen LogP contribution in [0.15, 0.2) is 0 Å². The highest BCUT2D eigenvalue weighted by molar-refractivity contribution is 7.92. The van der Waals surface area contributed by atoms with E-state index in [-0.39, 0.29) is 23.7 Å². The highest BCUT2D eigenvalue weighted by Gasteiger charge is 2.29. The molecule has 0 bridgehead atoms. The molecule has 0 aliphatic heterocycles. The van der Waals surface area contributed by atoms with Crippen molar-refractivity contribution in [1.82, 2.24) is 0 Å². The Kier molecular flexibility index (Phi) is 18.2. The predicted molar refractivity (Wildman–Crippen MR) is 106 cm³/mol. The Labute approximate surface area is 153 Å². The number of aliphatic hydroxyl groups is 2. The van der Waals surface area contributed by atoms with Gasteiger partial charge in [-0.3, -0.25) is 0 Å². The maximum Gasteiger partial charge on any atom is 0.138 e. The molecule has 0 spiro atoms. The Hall–Kier alpha value is 0.230. The number of hydrogen-bond acceptors (Lipinski definition) is 3. The van der Waals surface area contributed by atoms with Crippen molar-refractivity contribution in [1.29, 1.82) is 0 Å². The summed E-state index contributed by atoms with van der Waals surface area (Å²) in [6.45, 7) is 4.39. The molecule has 0 aliphatic carbocycles. The van der Waals surface area contributed by atoms with E-state index in [1.807, 2.05) is 0 Å². The van der Waals surface area contributed by atoms with Crippen molar-refractivity contribution in [3.63, 3.8) is 0 Å². The summed E-state index contributed by atoms with van der Waals surface area (Å²) in [7, 11) is 0. The van der Waals surface area contributed by atoms with Gasteiger partial charge in [-0.25, -0.2) is 0 Å². The van der Waals surface area contributed by atoms with E-state index in [0.29, 0.717) is 0 Å². The second kappa shape index (κ2) is 18.0. The average Bonchev–Trinajstić information content (AvgIpc) is 2.60. The third-order valence-electron chi connectivity index (χ3n) is 4.82. The van der Waals surface area contributed by atoms with Crippen molar-refractivity contribution in [3.8, 4) is 0 Å². The van der Waals surface area contributed by atoms with Crippen molar-refractivity contribution < 1.29 is 14.8 Å². The average molecular weight is 363 g/mol. The molecule has 24 heavy (non-hydrogen) atoms. The number of hydrogen-bond donors (Lipinski definition) is 2. The van der Waals surface area contributed by atoms with Crippen molar-refractivity contribution in [3.05, 3.63) is 0 Å². The highest BCUT2D eigenvalue weighted by Crippen LogP contribution is 2.21. The fourth-order valence-corrected chi connectivity index (χ4v) is 4.77. The van der Waals surface area contributed by atoms with E-state index in [1.54, 1.807) is 0 Å². The summed E-state index contributed by atoms with van der Waals surface area (Å²) in [5.41, 5.74) is 0. The molecule has 3 nitrogen and oxygen atoms in total. The van der Waals surface area contributed by atoms with Crippen molar-refractivity contribution >= 4 is 11.2 Å². The molecule has 146 valence electrons. The molecule has 0 saturated carbocycles. The lowest BCUT2D eigenvalue weighted by Gasteiger charge is -2.26. The van der Waals surface area contributed by atoms with Gasteiger partial charge in [-0.2, -0.15) is 0 Å². The van der Waals surface area contributed by atoms with Gasteiger partial charge in [-0.1, -0.05) is 78.1 Å². The summed E-state index contributed by atoms with van der Waals surface area (Å²) >= 11 is -1.11. The second-order valence-corrected chi connectivity index (χ2v) is 9.04. The van der Waals surface area contributed by atoms with E-state index in [0.717, 1.165) is 38.5 Å². The summed E-state index contributed by atoms with van der Waals surface area (Å²) < 4.78 is 12.6. The van der Waals surface area contributed by atoms with Gasteiger partial charge in [0.05, 0.1) is 13.2 Å². The van der Waals surface area contributed by atoms with Gasteiger partial charge in [-0.15, -0.1) is 0 Å². The molecule has 0 aromatic rings. The first kappa shape index (κ1) is 24.2. The van der Waals surface area contributed by atoms with Crippen LogP contribution in [-0.4, -0.2) is 38.5 Å². The summed E-state index contributed by atoms with van der Waals surface area (Å²) in [5.74, 6) is 0. The fraction of sp³-hybridized carbons (Fsp3) is 1.00. The first-order valence-electron chi connectivity index (χ1n) is 10.3. The van der Waals surface area contributed by atoms with Crippen LogP contribution in [-0.2, 0) is 11.2 Å². The zero-order valence-corrected chi connectivity index (χ0v) is 17.0. The SMILES string of the molecule is CCCCCCCCC(CO)[S+]([O-])C(CO)CCCCCCCC. The molecule has 4 heteroatoms. The summed E-state index contributed by atoms with van der Waals surface area (Å²) in [6, 6.07) is 0. The fourth-order valence-electron chi connectivity index (χ4n) is 3.14. The topological polar surface area (TPSA) is 63.5 Å². The molecular weight excluding hydrogens is 320 g/mol. The molecule has 0 radical (unpaired) electrons. The molecule has 2 N–H and O–H groups in total. The van der Waals surface area contributed by atoms with Gasteiger partial charge >= 0.3 is 0 Å². The zero-order chi connectivity index (χ0) is 18.0. The minimum absolute atomic E-state index is 0.0193. The Balaban J connectivity index is 3.95. The lowest BCUT2D eigenvalue weighted by Crippen LogP contribution is -2.36. The number of aliphatic hydroxyl groups excluding tert-OH is 2. The molecule has 0 saturated heterocycles. The van der Waals surface area contributed by atoms with E-state index in [2.05, 4.69) is 13.8 Å². The third kappa shape index (κ3) is 12.6. The highest BCUT2D eigenvalue weighted by atomic mass is 32.2. The van der Waals surface area contributed by atoms with Crippen molar-refractivity contribution in [2.45, 2.75) is 114 Å². The maximum atomic E-state index is 12.6. The van der Waals surface area contributed by atoms with Gasteiger partial charge < -0.3 is 14.8 Å². The molecule has 0 heterocycles. The van der Waals surface area contributed by atoms with E-state index in [1.165, 1.54) is 51.4 Å². The molecule has 0 amide bonds. The maximum absolute atomic E-state index is 12.6. The van der Waals surface area contributed by atoms with Crippen LogP contribution in [0.3, 0.4) is 0 Å². The van der Waals surface area contributed by atoms with E-state index >= 15 is 0 Å². The van der Waals surface area contributed by atoms with Crippen LogP contribution in [0.5, 0.6) is 0 Å². The number of unbranched alkanes of at least 4 members (excludes halogenated alkanes) is 10.